The molecule has 0 unspecified atom stereocenters. The van der Waals surface area contributed by atoms with E-state index >= 15 is 0 Å². The molecule has 94 valence electrons. The van der Waals surface area contributed by atoms with Gasteiger partial charge in [-0.15, -0.1) is 0 Å². The van der Waals surface area contributed by atoms with Crippen LogP contribution in [0.1, 0.15) is 37.7 Å². The van der Waals surface area contributed by atoms with Gasteiger partial charge in [-0.1, -0.05) is 54.9 Å². The van der Waals surface area contributed by atoms with E-state index in [1.165, 1.54) is 37.7 Å². The van der Waals surface area contributed by atoms with E-state index in [0.29, 0.717) is 0 Å². The Balaban J connectivity index is 1.98. The largest absolute Gasteiger partial charge is 0.243 e. The third-order valence-electron chi connectivity index (χ3n) is 3.44. The molecule has 0 bridgehead atoms. The Bertz CT molecular complexity index is 350. The monoisotopic (exact) mass is 269 g/mol. The van der Waals surface area contributed by atoms with Gasteiger partial charge in [-0.05, 0) is 36.8 Å². The summed E-state index contributed by atoms with van der Waals surface area (Å²) in [4.78, 5) is 0. The molecule has 0 N–H and O–H groups in total. The van der Waals surface area contributed by atoms with Gasteiger partial charge in [0.1, 0.15) is 0 Å². The normalized spacial score (nSPS) is 17.6. The van der Waals surface area contributed by atoms with Gasteiger partial charge in [0, 0.05) is 17.6 Å². The van der Waals surface area contributed by atoms with E-state index in [0.717, 1.165) is 17.6 Å². The predicted molar refractivity (Wildman–Crippen MR) is 77.4 cm³/mol. The van der Waals surface area contributed by atoms with Crippen molar-refractivity contribution < 1.29 is 0 Å². The summed E-state index contributed by atoms with van der Waals surface area (Å²) in [5.41, 5.74) is 1.32. The minimum absolute atomic E-state index is 0.748. The summed E-state index contributed by atoms with van der Waals surface area (Å²) >= 11 is 7.90. The van der Waals surface area contributed by atoms with Crippen molar-refractivity contribution in [3.05, 3.63) is 34.9 Å². The Morgan fingerprint density at radius 1 is 1.29 bits per heavy atom. The second kappa shape index (κ2) is 6.67. The van der Waals surface area contributed by atoms with Gasteiger partial charge in [0.15, 0.2) is 0 Å². The van der Waals surface area contributed by atoms with Crippen LogP contribution in [0.5, 0.6) is 0 Å². The fourth-order valence-electron chi connectivity index (χ4n) is 2.53. The van der Waals surface area contributed by atoms with Crippen LogP contribution >= 0.6 is 23.5 Å². The van der Waals surface area contributed by atoms with E-state index in [-0.39, 0.29) is 0 Å². The first kappa shape index (κ1) is 13.3. The first-order chi connectivity index (χ1) is 8.29. The van der Waals surface area contributed by atoms with Gasteiger partial charge in [-0.2, -0.15) is 0 Å². The molecule has 0 heterocycles. The van der Waals surface area contributed by atoms with E-state index in [2.05, 4.69) is 22.7 Å². The molecule has 0 radical (unpaired) electrons. The molecule has 0 amide bonds. The average Bonchev–Trinajstić information content (AvgIpc) is 2.37. The van der Waals surface area contributed by atoms with Crippen LogP contribution in [0.4, 0.5) is 0 Å². The van der Waals surface area contributed by atoms with Crippen molar-refractivity contribution in [3.8, 4) is 0 Å². The summed E-state index contributed by atoms with van der Waals surface area (Å²) in [5.74, 6) is 0. The Morgan fingerprint density at radius 3 is 2.71 bits per heavy atom. The highest BCUT2D eigenvalue weighted by Crippen LogP contribution is 2.28. The quantitative estimate of drug-likeness (QED) is 0.726. The van der Waals surface area contributed by atoms with Crippen molar-refractivity contribution in [2.45, 2.75) is 44.7 Å². The van der Waals surface area contributed by atoms with Gasteiger partial charge in [-0.25, -0.2) is 4.31 Å². The molecule has 0 aromatic heterocycles. The van der Waals surface area contributed by atoms with Crippen molar-refractivity contribution in [2.24, 2.45) is 0 Å². The zero-order valence-electron chi connectivity index (χ0n) is 10.4. The third-order valence-corrected chi connectivity index (χ3v) is 4.58. The van der Waals surface area contributed by atoms with Crippen LogP contribution in [-0.2, 0) is 6.54 Å². The molecule has 1 aromatic rings. The van der Waals surface area contributed by atoms with Crippen LogP contribution in [0.25, 0.3) is 0 Å². The molecule has 2 rings (SSSR count). The number of benzene rings is 1. The molecule has 1 aliphatic rings. The molecule has 1 saturated carbocycles. The number of hydrogen-bond acceptors (Lipinski definition) is 2. The smallest absolute Gasteiger partial charge is 0.0409 e. The highest BCUT2D eigenvalue weighted by Gasteiger charge is 2.20. The highest BCUT2D eigenvalue weighted by atomic mass is 35.5. The van der Waals surface area contributed by atoms with E-state index in [1.54, 1.807) is 0 Å². The standard InChI is InChI=1S/C14H20ClNS/c1-17-16(14-8-3-2-4-9-14)11-12-6-5-7-13(15)10-12/h5-7,10,14H,2-4,8-9,11H2,1H3. The molecule has 0 aliphatic heterocycles. The van der Waals surface area contributed by atoms with Crippen molar-refractivity contribution in [3.63, 3.8) is 0 Å². The predicted octanol–water partition coefficient (Wildman–Crippen LogP) is 4.75. The van der Waals surface area contributed by atoms with Crippen LogP contribution in [0.2, 0.25) is 5.02 Å². The molecule has 1 aliphatic carbocycles. The Morgan fingerprint density at radius 2 is 2.06 bits per heavy atom. The van der Waals surface area contributed by atoms with Gasteiger partial charge < -0.3 is 0 Å². The van der Waals surface area contributed by atoms with Crippen LogP contribution in [0, 0.1) is 0 Å². The van der Waals surface area contributed by atoms with Crippen LogP contribution in [0.3, 0.4) is 0 Å². The maximum absolute atomic E-state index is 6.03. The first-order valence-electron chi connectivity index (χ1n) is 6.35. The number of rotatable bonds is 4. The zero-order chi connectivity index (χ0) is 12.1. The summed E-state index contributed by atoms with van der Waals surface area (Å²) in [6.45, 7) is 1.01. The van der Waals surface area contributed by atoms with Crippen molar-refractivity contribution in [2.75, 3.05) is 6.26 Å². The number of halogens is 1. The molecule has 1 fully saturated rings. The fraction of sp³-hybridized carbons (Fsp3) is 0.571. The van der Waals surface area contributed by atoms with Gasteiger partial charge in [0.05, 0.1) is 0 Å². The lowest BCUT2D eigenvalue weighted by Gasteiger charge is -2.32. The van der Waals surface area contributed by atoms with Gasteiger partial charge in [0.25, 0.3) is 0 Å². The fourth-order valence-corrected chi connectivity index (χ4v) is 3.53. The molecule has 17 heavy (non-hydrogen) atoms. The molecule has 0 spiro atoms. The van der Waals surface area contributed by atoms with Crippen molar-refractivity contribution in [1.82, 2.24) is 4.31 Å². The highest BCUT2D eigenvalue weighted by molar-refractivity contribution is 7.96. The van der Waals surface area contributed by atoms with Crippen LogP contribution in [-0.4, -0.2) is 16.6 Å². The Labute approximate surface area is 114 Å². The molecule has 3 heteroatoms. The maximum Gasteiger partial charge on any atom is 0.0409 e. The van der Waals surface area contributed by atoms with Gasteiger partial charge >= 0.3 is 0 Å². The molecule has 1 aromatic carbocycles. The van der Waals surface area contributed by atoms with E-state index in [1.807, 2.05) is 24.1 Å². The van der Waals surface area contributed by atoms with E-state index < -0.39 is 0 Å². The topological polar surface area (TPSA) is 3.24 Å². The molecular weight excluding hydrogens is 250 g/mol. The minimum Gasteiger partial charge on any atom is -0.243 e. The Hall–Kier alpha value is -0.180. The molecule has 0 atom stereocenters. The second-order valence-electron chi connectivity index (χ2n) is 4.68. The van der Waals surface area contributed by atoms with Gasteiger partial charge in [0.2, 0.25) is 0 Å². The maximum atomic E-state index is 6.03. The lowest BCUT2D eigenvalue weighted by Crippen LogP contribution is -2.30. The second-order valence-corrected chi connectivity index (χ2v) is 5.95. The zero-order valence-corrected chi connectivity index (χ0v) is 11.9. The van der Waals surface area contributed by atoms with Crippen LogP contribution < -0.4 is 0 Å². The average molecular weight is 270 g/mol. The first-order valence-corrected chi connectivity index (χ1v) is 7.91. The lowest BCUT2D eigenvalue weighted by atomic mass is 9.95. The van der Waals surface area contributed by atoms with E-state index in [9.17, 15) is 0 Å². The third kappa shape index (κ3) is 3.90. The van der Waals surface area contributed by atoms with E-state index in [4.69, 9.17) is 11.6 Å². The van der Waals surface area contributed by atoms with Crippen molar-refractivity contribution in [1.29, 1.82) is 0 Å². The lowest BCUT2D eigenvalue weighted by molar-refractivity contribution is 0.268. The molecule has 1 nitrogen and oxygen atoms in total. The summed E-state index contributed by atoms with van der Waals surface area (Å²) in [6, 6.07) is 8.97. The molecular formula is C14H20ClNS. The summed E-state index contributed by atoms with van der Waals surface area (Å²) in [7, 11) is 0. The Kier molecular flexibility index (Phi) is 5.20. The summed E-state index contributed by atoms with van der Waals surface area (Å²) in [5, 5.41) is 0.840. The van der Waals surface area contributed by atoms with Crippen LogP contribution in [0.15, 0.2) is 24.3 Å². The minimum atomic E-state index is 0.748. The number of nitrogens with zero attached hydrogens (tertiary/aromatic N) is 1. The summed E-state index contributed by atoms with van der Waals surface area (Å²) < 4.78 is 2.52. The van der Waals surface area contributed by atoms with Gasteiger partial charge in [-0.3, -0.25) is 0 Å². The van der Waals surface area contributed by atoms with Crippen molar-refractivity contribution >= 4 is 23.5 Å². The summed E-state index contributed by atoms with van der Waals surface area (Å²) in [6.07, 6.45) is 9.06. The molecule has 0 saturated heterocycles. The number of hydrogen-bond donors (Lipinski definition) is 0. The SMILES string of the molecule is CSN(Cc1cccc(Cl)c1)C1CCCCC1.